The summed E-state index contributed by atoms with van der Waals surface area (Å²) >= 11 is 0. The summed E-state index contributed by atoms with van der Waals surface area (Å²) in [5.74, 6) is 1.42. The highest BCUT2D eigenvalue weighted by Crippen LogP contribution is 2.34. The van der Waals surface area contributed by atoms with Crippen molar-refractivity contribution in [3.05, 3.63) is 24.3 Å². The molecule has 0 amide bonds. The molecule has 0 spiro atoms. The molecule has 1 aromatic carbocycles. The average molecular weight is 281 g/mol. The van der Waals surface area contributed by atoms with Crippen LogP contribution in [0.15, 0.2) is 29.2 Å². The van der Waals surface area contributed by atoms with E-state index < -0.39 is 9.84 Å². The SMILES string of the molecule is CCS(=O)(=O)c1ccccc1NC1CCC(C)C1C. The van der Waals surface area contributed by atoms with E-state index in [9.17, 15) is 8.42 Å². The van der Waals surface area contributed by atoms with Gasteiger partial charge in [-0.15, -0.1) is 0 Å². The van der Waals surface area contributed by atoms with Crippen molar-refractivity contribution in [2.75, 3.05) is 11.1 Å². The van der Waals surface area contributed by atoms with E-state index in [-0.39, 0.29) is 5.75 Å². The van der Waals surface area contributed by atoms with Gasteiger partial charge < -0.3 is 5.32 Å². The minimum absolute atomic E-state index is 0.141. The Morgan fingerprint density at radius 3 is 2.47 bits per heavy atom. The zero-order valence-corrected chi connectivity index (χ0v) is 12.7. The number of hydrogen-bond donors (Lipinski definition) is 1. The Bertz CT molecular complexity index is 539. The maximum atomic E-state index is 12.1. The minimum Gasteiger partial charge on any atom is -0.381 e. The molecule has 1 fully saturated rings. The lowest BCUT2D eigenvalue weighted by Gasteiger charge is -2.22. The van der Waals surface area contributed by atoms with Gasteiger partial charge in [-0.1, -0.05) is 32.9 Å². The summed E-state index contributed by atoms with van der Waals surface area (Å²) in [5, 5.41) is 3.45. The number of para-hydroxylation sites is 1. The van der Waals surface area contributed by atoms with Crippen LogP contribution in [0.5, 0.6) is 0 Å². The standard InChI is InChI=1S/C15H23NO2S/c1-4-19(17,18)15-8-6-5-7-14(15)16-13-10-9-11(2)12(13)3/h5-8,11-13,16H,4,9-10H2,1-3H3. The second-order valence-electron chi connectivity index (χ2n) is 5.56. The molecule has 4 heteroatoms. The first-order valence-electron chi connectivity index (χ1n) is 7.04. The molecule has 0 aromatic heterocycles. The molecule has 1 aromatic rings. The predicted octanol–water partition coefficient (Wildman–Crippen LogP) is 3.33. The van der Waals surface area contributed by atoms with Gasteiger partial charge in [-0.3, -0.25) is 0 Å². The molecule has 3 unspecified atom stereocenters. The van der Waals surface area contributed by atoms with E-state index in [1.54, 1.807) is 19.1 Å². The van der Waals surface area contributed by atoms with Crippen molar-refractivity contribution in [3.8, 4) is 0 Å². The Morgan fingerprint density at radius 2 is 1.89 bits per heavy atom. The summed E-state index contributed by atoms with van der Waals surface area (Å²) in [6, 6.07) is 7.62. The Hall–Kier alpha value is -1.03. The van der Waals surface area contributed by atoms with E-state index in [0.717, 1.165) is 12.1 Å². The van der Waals surface area contributed by atoms with Gasteiger partial charge in [-0.05, 0) is 36.8 Å². The second-order valence-corrected chi connectivity index (χ2v) is 7.81. The molecule has 3 nitrogen and oxygen atoms in total. The fourth-order valence-electron chi connectivity index (χ4n) is 2.78. The maximum Gasteiger partial charge on any atom is 0.180 e. The maximum absolute atomic E-state index is 12.1. The summed E-state index contributed by atoms with van der Waals surface area (Å²) in [7, 11) is -3.16. The van der Waals surface area contributed by atoms with Crippen molar-refractivity contribution in [2.24, 2.45) is 11.8 Å². The van der Waals surface area contributed by atoms with Crippen LogP contribution in [0.1, 0.15) is 33.6 Å². The molecule has 1 aliphatic carbocycles. The topological polar surface area (TPSA) is 46.2 Å². The number of hydrogen-bond acceptors (Lipinski definition) is 3. The molecule has 0 saturated heterocycles. The van der Waals surface area contributed by atoms with E-state index in [0.29, 0.717) is 22.8 Å². The van der Waals surface area contributed by atoms with Crippen molar-refractivity contribution in [2.45, 2.75) is 44.6 Å². The van der Waals surface area contributed by atoms with E-state index in [4.69, 9.17) is 0 Å². The number of rotatable bonds is 4. The van der Waals surface area contributed by atoms with Crippen molar-refractivity contribution >= 4 is 15.5 Å². The lowest BCUT2D eigenvalue weighted by Crippen LogP contribution is -2.25. The molecule has 2 rings (SSSR count). The van der Waals surface area contributed by atoms with Crippen LogP contribution in [0.4, 0.5) is 5.69 Å². The molecule has 1 aliphatic rings. The number of nitrogens with one attached hydrogen (secondary N) is 1. The van der Waals surface area contributed by atoms with Crippen LogP contribution >= 0.6 is 0 Å². The largest absolute Gasteiger partial charge is 0.381 e. The van der Waals surface area contributed by atoms with Crippen LogP contribution in [0.3, 0.4) is 0 Å². The summed E-state index contributed by atoms with van der Waals surface area (Å²) < 4.78 is 24.2. The van der Waals surface area contributed by atoms with Gasteiger partial charge >= 0.3 is 0 Å². The molecule has 106 valence electrons. The van der Waals surface area contributed by atoms with Crippen LogP contribution in [-0.4, -0.2) is 20.2 Å². The van der Waals surface area contributed by atoms with Crippen molar-refractivity contribution in [1.82, 2.24) is 0 Å². The average Bonchev–Trinajstić information content (AvgIpc) is 2.71. The molecule has 19 heavy (non-hydrogen) atoms. The first-order chi connectivity index (χ1) is 8.95. The molecule has 0 bridgehead atoms. The lowest BCUT2D eigenvalue weighted by molar-refractivity contribution is 0.435. The first-order valence-corrected chi connectivity index (χ1v) is 8.69. The van der Waals surface area contributed by atoms with Crippen molar-refractivity contribution < 1.29 is 8.42 Å². The Morgan fingerprint density at radius 1 is 1.21 bits per heavy atom. The summed E-state index contributed by atoms with van der Waals surface area (Å²) in [6.45, 7) is 6.19. The van der Waals surface area contributed by atoms with Gasteiger partial charge in [0, 0.05) is 6.04 Å². The van der Waals surface area contributed by atoms with Crippen LogP contribution in [0.25, 0.3) is 0 Å². The molecule has 1 N–H and O–H groups in total. The third-order valence-electron chi connectivity index (χ3n) is 4.41. The molecule has 3 atom stereocenters. The quantitative estimate of drug-likeness (QED) is 0.921. The smallest absolute Gasteiger partial charge is 0.180 e. The molecule has 0 radical (unpaired) electrons. The van der Waals surface area contributed by atoms with Crippen LogP contribution < -0.4 is 5.32 Å². The van der Waals surface area contributed by atoms with E-state index in [1.165, 1.54) is 6.42 Å². The summed E-state index contributed by atoms with van der Waals surface area (Å²) in [5.41, 5.74) is 0.760. The van der Waals surface area contributed by atoms with Gasteiger partial charge in [0.15, 0.2) is 9.84 Å². The zero-order valence-electron chi connectivity index (χ0n) is 11.9. The third kappa shape index (κ3) is 2.94. The highest BCUT2D eigenvalue weighted by Gasteiger charge is 2.30. The normalized spacial score (nSPS) is 27.4. The summed E-state index contributed by atoms with van der Waals surface area (Å²) in [6.07, 6.45) is 2.32. The van der Waals surface area contributed by atoms with Crippen LogP contribution in [0.2, 0.25) is 0 Å². The fourth-order valence-corrected chi connectivity index (χ4v) is 3.84. The van der Waals surface area contributed by atoms with Gasteiger partial charge in [0.2, 0.25) is 0 Å². The third-order valence-corrected chi connectivity index (χ3v) is 6.19. The van der Waals surface area contributed by atoms with Crippen molar-refractivity contribution in [1.29, 1.82) is 0 Å². The molecule has 0 heterocycles. The van der Waals surface area contributed by atoms with Crippen molar-refractivity contribution in [3.63, 3.8) is 0 Å². The monoisotopic (exact) mass is 281 g/mol. The number of anilines is 1. The molecular formula is C15H23NO2S. The minimum atomic E-state index is -3.16. The highest BCUT2D eigenvalue weighted by atomic mass is 32.2. The van der Waals surface area contributed by atoms with Gasteiger partial charge in [-0.2, -0.15) is 0 Å². The van der Waals surface area contributed by atoms with Crippen LogP contribution in [0, 0.1) is 11.8 Å². The van der Waals surface area contributed by atoms with Gasteiger partial charge in [-0.25, -0.2) is 8.42 Å². The van der Waals surface area contributed by atoms with E-state index in [2.05, 4.69) is 19.2 Å². The first kappa shape index (κ1) is 14.4. The lowest BCUT2D eigenvalue weighted by atomic mass is 9.97. The number of sulfone groups is 1. The Balaban J connectivity index is 2.27. The van der Waals surface area contributed by atoms with Gasteiger partial charge in [0.25, 0.3) is 0 Å². The van der Waals surface area contributed by atoms with E-state index in [1.807, 2.05) is 12.1 Å². The van der Waals surface area contributed by atoms with Gasteiger partial charge in [0.1, 0.15) is 0 Å². The Kier molecular flexibility index (Phi) is 4.19. The molecule has 1 saturated carbocycles. The summed E-state index contributed by atoms with van der Waals surface area (Å²) in [4.78, 5) is 0.434. The predicted molar refractivity (Wildman–Crippen MR) is 79.1 cm³/mol. The zero-order chi connectivity index (χ0) is 14.0. The molecular weight excluding hydrogens is 258 g/mol. The van der Waals surface area contributed by atoms with Gasteiger partial charge in [0.05, 0.1) is 16.3 Å². The van der Waals surface area contributed by atoms with Crippen LogP contribution in [-0.2, 0) is 9.84 Å². The highest BCUT2D eigenvalue weighted by molar-refractivity contribution is 7.91. The fraction of sp³-hybridized carbons (Fsp3) is 0.600. The Labute approximate surface area is 116 Å². The second kappa shape index (κ2) is 5.53. The number of benzene rings is 1. The molecule has 0 aliphatic heterocycles. The van der Waals surface area contributed by atoms with E-state index >= 15 is 0 Å².